The van der Waals surface area contributed by atoms with Crippen molar-refractivity contribution in [3.8, 4) is 6.07 Å². The SMILES string of the molecule is N#C[C@]1(C(=O)NC(=O)c2ccccc2F)[C@@H]([N+](=O)[O-])[C@@H]1c1ccccc1. The normalized spacial score (nSPS) is 23.5. The average Bonchev–Trinajstić information content (AvgIpc) is 3.33. The van der Waals surface area contributed by atoms with Crippen LogP contribution in [0.2, 0.25) is 0 Å². The van der Waals surface area contributed by atoms with Gasteiger partial charge in [0.1, 0.15) is 5.82 Å². The minimum absolute atomic E-state index is 0.386. The quantitative estimate of drug-likeness (QED) is 0.513. The highest BCUT2D eigenvalue weighted by atomic mass is 19.1. The maximum Gasteiger partial charge on any atom is 0.260 e. The van der Waals surface area contributed by atoms with Gasteiger partial charge < -0.3 is 0 Å². The summed E-state index contributed by atoms with van der Waals surface area (Å²) in [5.41, 5.74) is -1.96. The number of hydrogen-bond acceptors (Lipinski definition) is 5. The van der Waals surface area contributed by atoms with Crippen LogP contribution >= 0.6 is 0 Å². The molecule has 0 radical (unpaired) electrons. The van der Waals surface area contributed by atoms with Crippen molar-refractivity contribution in [3.05, 3.63) is 81.7 Å². The van der Waals surface area contributed by atoms with Crippen LogP contribution in [-0.4, -0.2) is 22.8 Å². The highest BCUT2D eigenvalue weighted by Gasteiger charge is 2.80. The van der Waals surface area contributed by atoms with Crippen molar-refractivity contribution in [1.29, 1.82) is 5.26 Å². The Morgan fingerprint density at radius 1 is 1.15 bits per heavy atom. The first-order chi connectivity index (χ1) is 12.4. The van der Waals surface area contributed by atoms with Crippen LogP contribution in [0.1, 0.15) is 21.8 Å². The van der Waals surface area contributed by atoms with Crippen LogP contribution in [0.5, 0.6) is 0 Å². The van der Waals surface area contributed by atoms with Gasteiger partial charge in [0, 0.05) is 4.92 Å². The molecule has 1 N–H and O–H groups in total. The Bertz CT molecular complexity index is 941. The van der Waals surface area contributed by atoms with Crippen molar-refractivity contribution < 1.29 is 18.9 Å². The van der Waals surface area contributed by atoms with E-state index in [9.17, 15) is 29.4 Å². The Labute approximate surface area is 147 Å². The van der Waals surface area contributed by atoms with E-state index in [1.807, 2.05) is 5.32 Å². The van der Waals surface area contributed by atoms with Gasteiger partial charge >= 0.3 is 0 Å². The van der Waals surface area contributed by atoms with Crippen LogP contribution in [0.25, 0.3) is 0 Å². The molecule has 3 rings (SSSR count). The van der Waals surface area contributed by atoms with Crippen LogP contribution < -0.4 is 5.32 Å². The molecule has 2 aromatic rings. The molecule has 130 valence electrons. The maximum atomic E-state index is 13.7. The molecule has 1 saturated carbocycles. The van der Waals surface area contributed by atoms with Crippen molar-refractivity contribution in [2.45, 2.75) is 12.0 Å². The van der Waals surface area contributed by atoms with E-state index in [4.69, 9.17) is 0 Å². The van der Waals surface area contributed by atoms with Gasteiger partial charge in [-0.25, -0.2) is 4.39 Å². The van der Waals surface area contributed by atoms with Gasteiger partial charge in [0.05, 0.1) is 17.6 Å². The Hall–Kier alpha value is -3.60. The van der Waals surface area contributed by atoms with Gasteiger partial charge in [0.25, 0.3) is 17.9 Å². The third-order valence-corrected chi connectivity index (χ3v) is 4.46. The Morgan fingerprint density at radius 3 is 2.35 bits per heavy atom. The van der Waals surface area contributed by atoms with Crippen molar-refractivity contribution >= 4 is 11.8 Å². The number of carbonyl (C=O) groups is 2. The number of carbonyl (C=O) groups excluding carboxylic acids is 2. The van der Waals surface area contributed by atoms with E-state index >= 15 is 0 Å². The number of nitro groups is 1. The first-order valence-corrected chi connectivity index (χ1v) is 7.63. The van der Waals surface area contributed by atoms with Crippen LogP contribution in [0.15, 0.2) is 54.6 Å². The number of amides is 2. The zero-order chi connectivity index (χ0) is 18.9. The molecule has 0 aliphatic heterocycles. The molecule has 8 heteroatoms. The highest BCUT2D eigenvalue weighted by Crippen LogP contribution is 2.60. The predicted molar refractivity (Wildman–Crippen MR) is 86.9 cm³/mol. The van der Waals surface area contributed by atoms with Crippen LogP contribution in [-0.2, 0) is 4.79 Å². The molecule has 0 aromatic heterocycles. The molecule has 26 heavy (non-hydrogen) atoms. The summed E-state index contributed by atoms with van der Waals surface area (Å²) >= 11 is 0. The standard InChI is InChI=1S/C18H12FN3O4/c19-13-9-5-4-8-12(13)16(23)21-17(24)18(10-20)14(15(18)22(25)26)11-6-2-1-3-7-11/h1-9,14-15H,(H,21,23,24)/t14-,15-,18+/m0/s1. The maximum absolute atomic E-state index is 13.7. The second kappa shape index (κ2) is 6.37. The lowest BCUT2D eigenvalue weighted by atomic mass is 9.99. The third kappa shape index (κ3) is 2.59. The lowest BCUT2D eigenvalue weighted by molar-refractivity contribution is -0.500. The van der Waals surface area contributed by atoms with Gasteiger partial charge in [0.15, 0.2) is 0 Å². The van der Waals surface area contributed by atoms with Gasteiger partial charge in [-0.1, -0.05) is 42.5 Å². The Balaban J connectivity index is 1.91. The number of rotatable bonds is 4. The molecule has 1 fully saturated rings. The molecule has 0 spiro atoms. The first-order valence-electron chi connectivity index (χ1n) is 7.63. The van der Waals surface area contributed by atoms with E-state index in [0.717, 1.165) is 6.07 Å². The average molecular weight is 353 g/mol. The molecule has 0 heterocycles. The van der Waals surface area contributed by atoms with E-state index in [0.29, 0.717) is 5.56 Å². The summed E-state index contributed by atoms with van der Waals surface area (Å²) < 4.78 is 13.7. The molecule has 1 aliphatic carbocycles. The van der Waals surface area contributed by atoms with Gasteiger partial charge in [0.2, 0.25) is 5.41 Å². The molecule has 3 atom stereocenters. The lowest BCUT2D eigenvalue weighted by Gasteiger charge is -2.08. The third-order valence-electron chi connectivity index (χ3n) is 4.46. The fourth-order valence-corrected chi connectivity index (χ4v) is 3.14. The van der Waals surface area contributed by atoms with E-state index in [1.54, 1.807) is 36.4 Å². The second-order valence-corrected chi connectivity index (χ2v) is 5.86. The Kier molecular flexibility index (Phi) is 4.22. The Morgan fingerprint density at radius 2 is 1.77 bits per heavy atom. The fraction of sp³-hybridized carbons (Fsp3) is 0.167. The smallest absolute Gasteiger partial charge is 0.260 e. The second-order valence-electron chi connectivity index (χ2n) is 5.86. The highest BCUT2D eigenvalue weighted by molar-refractivity contribution is 6.09. The number of nitrogens with zero attached hydrogens (tertiary/aromatic N) is 2. The summed E-state index contributed by atoms with van der Waals surface area (Å²) in [6.07, 6.45) is 0. The van der Waals surface area contributed by atoms with E-state index in [1.165, 1.54) is 18.2 Å². The number of imide groups is 1. The number of halogens is 1. The molecule has 2 amide bonds. The van der Waals surface area contributed by atoms with Gasteiger partial charge in [-0.3, -0.25) is 25.0 Å². The van der Waals surface area contributed by atoms with Crippen molar-refractivity contribution in [1.82, 2.24) is 5.32 Å². The molecule has 7 nitrogen and oxygen atoms in total. The predicted octanol–water partition coefficient (Wildman–Crippen LogP) is 2.03. The number of nitrogens with one attached hydrogen (secondary N) is 1. The molecule has 0 unspecified atom stereocenters. The molecule has 0 bridgehead atoms. The fourth-order valence-electron chi connectivity index (χ4n) is 3.14. The minimum Gasteiger partial charge on any atom is -0.291 e. The van der Waals surface area contributed by atoms with E-state index in [-0.39, 0.29) is 5.56 Å². The molecule has 0 saturated heterocycles. The largest absolute Gasteiger partial charge is 0.291 e. The summed E-state index contributed by atoms with van der Waals surface area (Å²) in [7, 11) is 0. The summed E-state index contributed by atoms with van der Waals surface area (Å²) in [5.74, 6) is -3.99. The van der Waals surface area contributed by atoms with Crippen LogP contribution in [0.3, 0.4) is 0 Å². The number of nitriles is 1. The molecular formula is C18H12FN3O4. The van der Waals surface area contributed by atoms with Crippen molar-refractivity contribution in [3.63, 3.8) is 0 Å². The minimum atomic E-state index is -2.02. The van der Waals surface area contributed by atoms with E-state index in [2.05, 4.69) is 0 Å². The van der Waals surface area contributed by atoms with Gasteiger partial charge in [-0.05, 0) is 17.7 Å². The van der Waals surface area contributed by atoms with Gasteiger partial charge in [-0.15, -0.1) is 0 Å². The molecule has 2 aromatic carbocycles. The van der Waals surface area contributed by atoms with Crippen LogP contribution in [0.4, 0.5) is 4.39 Å². The first kappa shape index (κ1) is 17.2. The van der Waals surface area contributed by atoms with Gasteiger partial charge in [-0.2, -0.15) is 5.26 Å². The summed E-state index contributed by atoms with van der Waals surface area (Å²) in [6.45, 7) is 0. The number of hydrogen-bond donors (Lipinski definition) is 1. The summed E-state index contributed by atoms with van der Waals surface area (Å²) in [6, 6.07) is 13.3. The summed E-state index contributed by atoms with van der Waals surface area (Å²) in [5, 5.41) is 22.8. The topological polar surface area (TPSA) is 113 Å². The summed E-state index contributed by atoms with van der Waals surface area (Å²) in [4.78, 5) is 35.4. The van der Waals surface area contributed by atoms with Crippen molar-refractivity contribution in [2.24, 2.45) is 5.41 Å². The zero-order valence-corrected chi connectivity index (χ0v) is 13.3. The van der Waals surface area contributed by atoms with Crippen molar-refractivity contribution in [2.75, 3.05) is 0 Å². The zero-order valence-electron chi connectivity index (χ0n) is 13.3. The number of benzene rings is 2. The van der Waals surface area contributed by atoms with Crippen LogP contribution in [0, 0.1) is 32.7 Å². The lowest BCUT2D eigenvalue weighted by Crippen LogP contribution is -2.39. The van der Waals surface area contributed by atoms with E-state index < -0.39 is 39.9 Å². The molecule has 1 aliphatic rings. The monoisotopic (exact) mass is 353 g/mol. The molecular weight excluding hydrogens is 341 g/mol.